The van der Waals surface area contributed by atoms with Gasteiger partial charge in [0.1, 0.15) is 6.42 Å². The van der Waals surface area contributed by atoms with Crippen molar-refractivity contribution in [3.8, 4) is 0 Å². The first-order valence-electron chi connectivity index (χ1n) is 3.41. The summed E-state index contributed by atoms with van der Waals surface area (Å²) in [5.74, 6) is -0.0658. The topological polar surface area (TPSA) is 82.2 Å². The third-order valence-electron chi connectivity index (χ3n) is 1.30. The maximum atomic E-state index is 10.7. The van der Waals surface area contributed by atoms with Crippen LogP contribution in [0.3, 0.4) is 0 Å². The number of hydrogen-bond acceptors (Lipinski definition) is 5. The van der Waals surface area contributed by atoms with Crippen LogP contribution in [0.1, 0.15) is 6.42 Å². The highest BCUT2D eigenvalue weighted by atomic mass is 16.5. The minimum Gasteiger partial charge on any atom is -0.469 e. The summed E-state index contributed by atoms with van der Waals surface area (Å²) in [6.45, 7) is 0.410. The predicted molar refractivity (Wildman–Crippen MR) is 37.7 cm³/mol. The zero-order valence-corrected chi connectivity index (χ0v) is 6.69. The van der Waals surface area contributed by atoms with E-state index in [1.54, 1.807) is 0 Å². The lowest BCUT2D eigenvalue weighted by Gasteiger charge is -1.90. The van der Waals surface area contributed by atoms with Crippen LogP contribution >= 0.6 is 0 Å². The molecular formula is C6H10N3O3+. The number of anilines is 1. The lowest BCUT2D eigenvalue weighted by Crippen LogP contribution is -2.35. The van der Waals surface area contributed by atoms with Crippen molar-refractivity contribution >= 4 is 11.9 Å². The van der Waals surface area contributed by atoms with Crippen molar-refractivity contribution in [3.05, 3.63) is 6.20 Å². The molecule has 0 radical (unpaired) electrons. The van der Waals surface area contributed by atoms with Crippen LogP contribution in [0.2, 0.25) is 0 Å². The van der Waals surface area contributed by atoms with Gasteiger partial charge in [-0.15, -0.1) is 0 Å². The number of nitrogens with zero attached hydrogens (tertiary/aromatic N) is 2. The van der Waals surface area contributed by atoms with Gasteiger partial charge in [0.2, 0.25) is 5.27 Å². The second-order valence-electron chi connectivity index (χ2n) is 2.19. The van der Waals surface area contributed by atoms with Gasteiger partial charge in [-0.3, -0.25) is 9.32 Å². The summed E-state index contributed by atoms with van der Waals surface area (Å²) in [4.78, 5) is 10.7. The standard InChI is InChI=1S/C6H10N3O3/c1-11-6(10)2-3-9-4-5(7)12-8-9/h4H,2-3,7H2,1H3/q+1. The lowest BCUT2D eigenvalue weighted by molar-refractivity contribution is -0.761. The van der Waals surface area contributed by atoms with Crippen molar-refractivity contribution in [2.45, 2.75) is 13.0 Å². The highest BCUT2D eigenvalue weighted by Gasteiger charge is 2.11. The molecule has 1 aromatic rings. The number of aryl methyl sites for hydroxylation is 1. The molecule has 0 fully saturated rings. The largest absolute Gasteiger partial charge is 0.469 e. The molecule has 1 aromatic heterocycles. The first-order chi connectivity index (χ1) is 5.72. The first-order valence-corrected chi connectivity index (χ1v) is 3.41. The summed E-state index contributed by atoms with van der Waals surface area (Å²) in [6, 6.07) is 0. The molecule has 2 N–H and O–H groups in total. The van der Waals surface area contributed by atoms with E-state index in [4.69, 9.17) is 5.73 Å². The van der Waals surface area contributed by atoms with E-state index in [9.17, 15) is 4.79 Å². The quantitative estimate of drug-likeness (QED) is 0.472. The molecule has 0 aliphatic heterocycles. The summed E-state index contributed by atoms with van der Waals surface area (Å²) < 4.78 is 10.4. The third kappa shape index (κ3) is 2.22. The smallest absolute Gasteiger partial charge is 0.312 e. The summed E-state index contributed by atoms with van der Waals surface area (Å²) in [6.07, 6.45) is 1.76. The van der Waals surface area contributed by atoms with Crippen LogP contribution in [0.4, 0.5) is 5.88 Å². The lowest BCUT2D eigenvalue weighted by atomic mass is 10.4. The Balaban J connectivity index is 2.38. The Hall–Kier alpha value is -1.59. The van der Waals surface area contributed by atoms with Gasteiger partial charge in [0, 0.05) is 0 Å². The van der Waals surface area contributed by atoms with Gasteiger partial charge >= 0.3 is 5.97 Å². The van der Waals surface area contributed by atoms with Crippen molar-refractivity contribution in [2.75, 3.05) is 12.8 Å². The van der Waals surface area contributed by atoms with Crippen LogP contribution in [-0.4, -0.2) is 18.4 Å². The zero-order valence-electron chi connectivity index (χ0n) is 6.69. The van der Waals surface area contributed by atoms with Gasteiger partial charge in [-0.1, -0.05) is 0 Å². The number of aromatic nitrogens is 2. The molecule has 0 atom stereocenters. The number of esters is 1. The Morgan fingerprint density at radius 3 is 3.17 bits per heavy atom. The Bertz CT molecular complexity index is 271. The van der Waals surface area contributed by atoms with E-state index >= 15 is 0 Å². The fourth-order valence-electron chi connectivity index (χ4n) is 0.707. The number of rotatable bonds is 3. The normalized spacial score (nSPS) is 9.75. The summed E-state index contributed by atoms with van der Waals surface area (Å²) in [5, 5.41) is 3.53. The molecule has 0 saturated heterocycles. The molecule has 6 heteroatoms. The molecular weight excluding hydrogens is 162 g/mol. The Morgan fingerprint density at radius 1 is 1.92 bits per heavy atom. The minimum absolute atomic E-state index is 0.222. The minimum atomic E-state index is -0.288. The second kappa shape index (κ2) is 3.70. The second-order valence-corrected chi connectivity index (χ2v) is 2.19. The highest BCUT2D eigenvalue weighted by Crippen LogP contribution is 1.91. The van der Waals surface area contributed by atoms with Crippen molar-refractivity contribution < 1.29 is 18.7 Å². The number of hydrogen-bond donors (Lipinski definition) is 1. The molecule has 66 valence electrons. The molecule has 1 heterocycles. The summed E-state index contributed by atoms with van der Waals surface area (Å²) >= 11 is 0. The van der Waals surface area contributed by atoms with Gasteiger partial charge in [-0.2, -0.15) is 0 Å². The van der Waals surface area contributed by atoms with Crippen LogP contribution in [0.5, 0.6) is 0 Å². The highest BCUT2D eigenvalue weighted by molar-refractivity contribution is 5.68. The SMILES string of the molecule is COC(=O)CC[n+]1cc(N)on1. The maximum Gasteiger partial charge on any atom is 0.312 e. The molecule has 0 aromatic carbocycles. The van der Waals surface area contributed by atoms with E-state index in [1.165, 1.54) is 18.0 Å². The van der Waals surface area contributed by atoms with Gasteiger partial charge in [0.15, 0.2) is 6.54 Å². The molecule has 12 heavy (non-hydrogen) atoms. The van der Waals surface area contributed by atoms with Gasteiger partial charge in [-0.05, 0) is 4.68 Å². The fourth-order valence-corrected chi connectivity index (χ4v) is 0.707. The predicted octanol–water partition coefficient (Wildman–Crippen LogP) is -0.893. The van der Waals surface area contributed by atoms with Gasteiger partial charge in [-0.25, -0.2) is 0 Å². The van der Waals surface area contributed by atoms with Crippen LogP contribution in [0, 0.1) is 0 Å². The number of nitrogens with two attached hydrogens (primary N) is 1. The molecule has 1 rings (SSSR count). The van der Waals surface area contributed by atoms with E-state index in [-0.39, 0.29) is 18.3 Å². The number of methoxy groups -OCH3 is 1. The van der Waals surface area contributed by atoms with E-state index in [2.05, 4.69) is 14.5 Å². The van der Waals surface area contributed by atoms with E-state index in [0.29, 0.717) is 6.54 Å². The molecule has 6 nitrogen and oxygen atoms in total. The number of nitrogen functional groups attached to an aromatic ring is 1. The number of carbonyl (C=O) groups is 1. The van der Waals surface area contributed by atoms with Crippen LogP contribution in [0.15, 0.2) is 10.7 Å². The first kappa shape index (κ1) is 8.51. The Kier molecular flexibility index (Phi) is 2.62. The van der Waals surface area contributed by atoms with Crippen molar-refractivity contribution in [3.63, 3.8) is 0 Å². The van der Waals surface area contributed by atoms with E-state index < -0.39 is 0 Å². The number of ether oxygens (including phenoxy) is 1. The molecule has 0 spiro atoms. The average Bonchev–Trinajstić information content (AvgIpc) is 2.47. The molecule has 0 amide bonds. The molecule has 0 saturated carbocycles. The van der Waals surface area contributed by atoms with Crippen LogP contribution in [0.25, 0.3) is 0 Å². The van der Waals surface area contributed by atoms with Crippen LogP contribution < -0.4 is 10.4 Å². The molecule has 0 bridgehead atoms. The van der Waals surface area contributed by atoms with Crippen molar-refractivity contribution in [1.29, 1.82) is 0 Å². The van der Waals surface area contributed by atoms with Gasteiger partial charge < -0.3 is 10.5 Å². The summed E-state index contributed by atoms with van der Waals surface area (Å²) in [5.41, 5.74) is 5.25. The van der Waals surface area contributed by atoms with Gasteiger partial charge in [0.25, 0.3) is 12.1 Å². The van der Waals surface area contributed by atoms with E-state index in [1.807, 2.05) is 0 Å². The zero-order chi connectivity index (χ0) is 8.97. The average molecular weight is 172 g/mol. The Labute approximate surface area is 68.9 Å². The Morgan fingerprint density at radius 2 is 2.67 bits per heavy atom. The molecule has 0 unspecified atom stereocenters. The van der Waals surface area contributed by atoms with Crippen LogP contribution in [-0.2, 0) is 16.1 Å². The van der Waals surface area contributed by atoms with Crippen molar-refractivity contribution in [1.82, 2.24) is 5.27 Å². The maximum absolute atomic E-state index is 10.7. The summed E-state index contributed by atoms with van der Waals surface area (Å²) in [7, 11) is 1.34. The molecule has 0 aliphatic rings. The van der Waals surface area contributed by atoms with Crippen molar-refractivity contribution in [2.24, 2.45) is 0 Å². The fraction of sp³-hybridized carbons (Fsp3) is 0.500. The molecule has 0 aliphatic carbocycles. The third-order valence-corrected chi connectivity index (χ3v) is 1.30. The van der Waals surface area contributed by atoms with Gasteiger partial charge in [0.05, 0.1) is 7.11 Å². The van der Waals surface area contributed by atoms with E-state index in [0.717, 1.165) is 0 Å². The number of carbonyl (C=O) groups excluding carboxylic acids is 1. The monoisotopic (exact) mass is 172 g/mol.